The summed E-state index contributed by atoms with van der Waals surface area (Å²) < 4.78 is 0. The van der Waals surface area contributed by atoms with Gasteiger partial charge in [0, 0.05) is 24.0 Å². The van der Waals surface area contributed by atoms with Crippen molar-refractivity contribution in [1.29, 1.82) is 0 Å². The van der Waals surface area contributed by atoms with E-state index in [2.05, 4.69) is 18.5 Å². The summed E-state index contributed by atoms with van der Waals surface area (Å²) in [5, 5.41) is 20.7. The van der Waals surface area contributed by atoms with E-state index in [-0.39, 0.29) is 11.5 Å². The summed E-state index contributed by atoms with van der Waals surface area (Å²) in [6.07, 6.45) is 0. The highest BCUT2D eigenvalue weighted by Crippen LogP contribution is 2.33. The summed E-state index contributed by atoms with van der Waals surface area (Å²) in [5.74, 6) is -3.04. The molecule has 1 heterocycles. The number of aliphatic carboxylic acids is 2. The van der Waals surface area contributed by atoms with Gasteiger partial charge in [-0.3, -0.25) is 4.79 Å². The molecule has 1 rings (SSSR count). The maximum absolute atomic E-state index is 11.0. The molecular weight excluding hydrogens is 210 g/mol. The Morgan fingerprint density at radius 3 is 2.25 bits per heavy atom. The molecule has 3 N–H and O–H groups in total. The van der Waals surface area contributed by atoms with Crippen molar-refractivity contribution < 1.29 is 19.8 Å². The molecule has 0 bridgehead atoms. The van der Waals surface area contributed by atoms with E-state index in [1.165, 1.54) is 0 Å². The smallest absolute Gasteiger partial charge is 0.331 e. The van der Waals surface area contributed by atoms with Crippen LogP contribution in [0.1, 0.15) is 6.92 Å². The summed E-state index contributed by atoms with van der Waals surface area (Å²) in [7, 11) is 0. The first-order chi connectivity index (χ1) is 7.36. The Morgan fingerprint density at radius 2 is 1.88 bits per heavy atom. The van der Waals surface area contributed by atoms with Crippen LogP contribution >= 0.6 is 0 Å². The quantitative estimate of drug-likeness (QED) is 0.479. The van der Waals surface area contributed by atoms with Crippen LogP contribution < -0.4 is 5.32 Å². The van der Waals surface area contributed by atoms with Crippen LogP contribution in [0.4, 0.5) is 0 Å². The van der Waals surface area contributed by atoms with Crippen molar-refractivity contribution in [3.8, 4) is 0 Å². The molecule has 0 amide bonds. The van der Waals surface area contributed by atoms with Crippen molar-refractivity contribution in [2.24, 2.45) is 11.8 Å². The number of carboxylic acids is 2. The number of carboxylic acid groups (broad SMARTS) is 2. The second-order valence-corrected chi connectivity index (χ2v) is 4.03. The van der Waals surface area contributed by atoms with Gasteiger partial charge in [-0.05, 0) is 6.92 Å². The minimum absolute atomic E-state index is 0.0783. The second kappa shape index (κ2) is 4.49. The third kappa shape index (κ3) is 2.14. The fourth-order valence-corrected chi connectivity index (χ4v) is 2.05. The Bertz CT molecular complexity index is 339. The van der Waals surface area contributed by atoms with Gasteiger partial charge in [0.2, 0.25) is 0 Å². The lowest BCUT2D eigenvalue weighted by molar-refractivity contribution is -0.140. The Balaban J connectivity index is 3.02. The van der Waals surface area contributed by atoms with E-state index in [1.807, 2.05) is 0 Å². The van der Waals surface area contributed by atoms with Crippen molar-refractivity contribution in [3.63, 3.8) is 0 Å². The molecule has 0 aromatic heterocycles. The molecule has 1 aliphatic rings. The number of rotatable bonds is 4. The highest BCUT2D eigenvalue weighted by molar-refractivity contribution is 5.89. The molecule has 1 aliphatic heterocycles. The normalized spacial score (nSPS) is 28.7. The molecule has 1 fully saturated rings. The Kier molecular flexibility index (Phi) is 3.49. The van der Waals surface area contributed by atoms with Gasteiger partial charge in [0.15, 0.2) is 0 Å². The van der Waals surface area contributed by atoms with E-state index in [0.717, 1.165) is 5.57 Å². The summed E-state index contributed by atoms with van der Waals surface area (Å²) in [4.78, 5) is 21.9. The van der Waals surface area contributed by atoms with E-state index >= 15 is 0 Å². The van der Waals surface area contributed by atoms with E-state index in [9.17, 15) is 9.59 Å². The molecule has 3 atom stereocenters. The first kappa shape index (κ1) is 12.4. The topological polar surface area (TPSA) is 86.6 Å². The zero-order valence-corrected chi connectivity index (χ0v) is 9.06. The molecule has 0 aromatic carbocycles. The molecule has 1 saturated heterocycles. The zero-order chi connectivity index (χ0) is 12.5. The monoisotopic (exact) mass is 225 g/mol. The summed E-state index contributed by atoms with van der Waals surface area (Å²) in [5.41, 5.74) is 0.689. The summed E-state index contributed by atoms with van der Waals surface area (Å²) in [6.45, 7) is 9.40. The Labute approximate surface area is 93.5 Å². The number of carbonyl (C=O) groups is 2. The van der Waals surface area contributed by atoms with E-state index in [1.54, 1.807) is 6.92 Å². The largest absolute Gasteiger partial charge is 0.480 e. The lowest BCUT2D eigenvalue weighted by Gasteiger charge is -2.21. The van der Waals surface area contributed by atoms with Crippen LogP contribution in [0.15, 0.2) is 24.3 Å². The molecule has 5 nitrogen and oxygen atoms in total. The first-order valence-electron chi connectivity index (χ1n) is 4.90. The van der Waals surface area contributed by atoms with Gasteiger partial charge < -0.3 is 15.5 Å². The van der Waals surface area contributed by atoms with E-state index < -0.39 is 23.9 Å². The van der Waals surface area contributed by atoms with Crippen LogP contribution in [0.25, 0.3) is 0 Å². The van der Waals surface area contributed by atoms with Crippen LogP contribution in [-0.2, 0) is 9.59 Å². The molecule has 0 spiro atoms. The third-order valence-corrected chi connectivity index (χ3v) is 2.93. The number of hydrogen-bond acceptors (Lipinski definition) is 3. The van der Waals surface area contributed by atoms with E-state index in [4.69, 9.17) is 10.2 Å². The third-order valence-electron chi connectivity index (χ3n) is 2.93. The molecule has 88 valence electrons. The minimum Gasteiger partial charge on any atom is -0.480 e. The van der Waals surface area contributed by atoms with Gasteiger partial charge in [-0.1, -0.05) is 18.7 Å². The van der Waals surface area contributed by atoms with Crippen LogP contribution in [0.5, 0.6) is 0 Å². The maximum atomic E-state index is 11.0. The predicted molar refractivity (Wildman–Crippen MR) is 58.0 cm³/mol. The number of hydrogen-bond donors (Lipinski definition) is 3. The van der Waals surface area contributed by atoms with Gasteiger partial charge in [-0.2, -0.15) is 0 Å². The standard InChI is InChI=1S/C11H15NO4/c1-5(2)7-4-12-9(11(15)16)8(7)6(3)10(13)14/h7-9,12H,1,3-4H2,2H3,(H,13,14)(H,15,16)/t7-,8+,9+/m1/s1. The highest BCUT2D eigenvalue weighted by atomic mass is 16.4. The van der Waals surface area contributed by atoms with Crippen LogP contribution in [0.2, 0.25) is 0 Å². The molecule has 0 unspecified atom stereocenters. The van der Waals surface area contributed by atoms with Crippen molar-refractivity contribution in [1.82, 2.24) is 5.32 Å². The average Bonchev–Trinajstić information content (AvgIpc) is 2.59. The second-order valence-electron chi connectivity index (χ2n) is 4.03. The van der Waals surface area contributed by atoms with Gasteiger partial charge in [-0.25, -0.2) is 4.79 Å². The maximum Gasteiger partial charge on any atom is 0.331 e. The minimum atomic E-state index is -1.16. The fourth-order valence-electron chi connectivity index (χ4n) is 2.05. The van der Waals surface area contributed by atoms with Crippen LogP contribution in [0, 0.1) is 11.8 Å². The van der Waals surface area contributed by atoms with Gasteiger partial charge >= 0.3 is 11.9 Å². The van der Waals surface area contributed by atoms with Gasteiger partial charge in [-0.15, -0.1) is 0 Å². The highest BCUT2D eigenvalue weighted by Gasteiger charge is 2.43. The molecule has 0 saturated carbocycles. The summed E-state index contributed by atoms with van der Waals surface area (Å²) in [6, 6.07) is -0.898. The molecule has 5 heteroatoms. The Morgan fingerprint density at radius 1 is 1.31 bits per heavy atom. The lowest BCUT2D eigenvalue weighted by Crippen LogP contribution is -2.37. The van der Waals surface area contributed by atoms with Gasteiger partial charge in [0.1, 0.15) is 6.04 Å². The fraction of sp³-hybridized carbons (Fsp3) is 0.455. The average molecular weight is 225 g/mol. The van der Waals surface area contributed by atoms with Gasteiger partial charge in [0.05, 0.1) is 0 Å². The van der Waals surface area contributed by atoms with Crippen LogP contribution in [0.3, 0.4) is 0 Å². The first-order valence-corrected chi connectivity index (χ1v) is 4.90. The molecule has 0 aromatic rings. The van der Waals surface area contributed by atoms with E-state index in [0.29, 0.717) is 6.54 Å². The summed E-state index contributed by atoms with van der Waals surface area (Å²) >= 11 is 0. The zero-order valence-electron chi connectivity index (χ0n) is 9.06. The van der Waals surface area contributed by atoms with Crippen molar-refractivity contribution >= 4 is 11.9 Å². The predicted octanol–water partition coefficient (Wildman–Crippen LogP) is 0.492. The number of nitrogens with one attached hydrogen (secondary N) is 1. The Hall–Kier alpha value is -1.62. The van der Waals surface area contributed by atoms with Crippen molar-refractivity contribution in [3.05, 3.63) is 24.3 Å². The lowest BCUT2D eigenvalue weighted by atomic mass is 9.81. The SMILES string of the molecule is C=C(C(=O)O)[C@H]1[C@@H](C(=C)C)CN[C@@H]1C(=O)O. The van der Waals surface area contributed by atoms with Crippen molar-refractivity contribution in [2.45, 2.75) is 13.0 Å². The van der Waals surface area contributed by atoms with Gasteiger partial charge in [0.25, 0.3) is 0 Å². The van der Waals surface area contributed by atoms with Crippen LogP contribution in [-0.4, -0.2) is 34.7 Å². The molecule has 0 aliphatic carbocycles. The molecule has 16 heavy (non-hydrogen) atoms. The van der Waals surface area contributed by atoms with Crippen molar-refractivity contribution in [2.75, 3.05) is 6.54 Å². The molecular formula is C11H15NO4. The molecule has 0 radical (unpaired) electrons.